The van der Waals surface area contributed by atoms with Crippen LogP contribution in [0.25, 0.3) is 0 Å². The van der Waals surface area contributed by atoms with Crippen LogP contribution < -0.4 is 5.32 Å². The van der Waals surface area contributed by atoms with Crippen LogP contribution in [0.15, 0.2) is 0 Å². The predicted octanol–water partition coefficient (Wildman–Crippen LogP) is 2.38. The molecule has 0 aromatic rings. The van der Waals surface area contributed by atoms with Gasteiger partial charge in [-0.25, -0.2) is 0 Å². The highest BCUT2D eigenvalue weighted by Gasteiger charge is 2.15. The molecule has 0 bridgehead atoms. The highest BCUT2D eigenvalue weighted by Crippen LogP contribution is 2.25. The zero-order valence-corrected chi connectivity index (χ0v) is 9.30. The minimum absolute atomic E-state index is 0.122. The summed E-state index contributed by atoms with van der Waals surface area (Å²) in [6.45, 7) is 0.502. The average molecular weight is 208 g/mol. The Morgan fingerprint density at radius 1 is 1.27 bits per heavy atom. The molecule has 0 heterocycles. The van der Waals surface area contributed by atoms with Crippen molar-refractivity contribution in [1.82, 2.24) is 5.32 Å². The van der Waals surface area contributed by atoms with E-state index in [0.717, 1.165) is 0 Å². The largest absolute Gasteiger partial charge is 0.355 e. The van der Waals surface area contributed by atoms with Crippen LogP contribution in [0.2, 0.25) is 0 Å². The summed E-state index contributed by atoms with van der Waals surface area (Å²) in [5, 5.41) is 11.1. The highest BCUT2D eigenvalue weighted by atomic mass is 16.1. The second-order valence-electron chi connectivity index (χ2n) is 4.32. The van der Waals surface area contributed by atoms with Crippen molar-refractivity contribution < 1.29 is 4.79 Å². The van der Waals surface area contributed by atoms with Crippen molar-refractivity contribution in [3.8, 4) is 6.07 Å². The summed E-state index contributed by atoms with van der Waals surface area (Å²) < 4.78 is 0. The summed E-state index contributed by atoms with van der Waals surface area (Å²) in [5.41, 5.74) is 0. The molecular weight excluding hydrogens is 188 g/mol. The Labute approximate surface area is 91.9 Å². The van der Waals surface area contributed by atoms with Crippen LogP contribution in [-0.4, -0.2) is 12.5 Å². The Balaban J connectivity index is 2.15. The standard InChI is InChI=1S/C12H20N2O/c13-8-5-9-14-12(15)10-11-6-3-1-2-4-7-11/h11H,1-7,9-10H2,(H,14,15). The lowest BCUT2D eigenvalue weighted by atomic mass is 9.96. The molecule has 1 rings (SSSR count). The predicted molar refractivity (Wildman–Crippen MR) is 59.0 cm³/mol. The van der Waals surface area contributed by atoms with E-state index >= 15 is 0 Å². The third-order valence-electron chi connectivity index (χ3n) is 3.01. The molecule has 0 spiro atoms. The molecule has 0 saturated heterocycles. The van der Waals surface area contributed by atoms with Gasteiger partial charge in [0.15, 0.2) is 0 Å². The molecular formula is C12H20N2O. The first-order valence-corrected chi connectivity index (χ1v) is 5.96. The number of hydrogen-bond donors (Lipinski definition) is 1. The lowest BCUT2D eigenvalue weighted by molar-refractivity contribution is -0.122. The van der Waals surface area contributed by atoms with Crippen LogP contribution >= 0.6 is 0 Å². The minimum atomic E-state index is 0.122. The van der Waals surface area contributed by atoms with Gasteiger partial charge in [0.2, 0.25) is 5.91 Å². The van der Waals surface area contributed by atoms with Gasteiger partial charge in [-0.2, -0.15) is 5.26 Å². The summed E-state index contributed by atoms with van der Waals surface area (Å²) in [4.78, 5) is 11.5. The second-order valence-corrected chi connectivity index (χ2v) is 4.32. The molecule has 0 aliphatic heterocycles. The topological polar surface area (TPSA) is 52.9 Å². The Kier molecular flexibility index (Phi) is 5.84. The van der Waals surface area contributed by atoms with Crippen LogP contribution in [0.4, 0.5) is 0 Å². The zero-order chi connectivity index (χ0) is 10.9. The van der Waals surface area contributed by atoms with Gasteiger partial charge in [0.25, 0.3) is 0 Å². The third-order valence-corrected chi connectivity index (χ3v) is 3.01. The molecule has 0 atom stereocenters. The number of hydrogen-bond acceptors (Lipinski definition) is 2. The first-order chi connectivity index (χ1) is 7.33. The van der Waals surface area contributed by atoms with E-state index < -0.39 is 0 Å². The molecule has 3 heteroatoms. The fourth-order valence-corrected chi connectivity index (χ4v) is 2.16. The molecule has 1 aliphatic rings. The first-order valence-electron chi connectivity index (χ1n) is 5.96. The number of nitrogens with zero attached hydrogens (tertiary/aromatic N) is 1. The quantitative estimate of drug-likeness (QED) is 0.569. The van der Waals surface area contributed by atoms with Crippen LogP contribution in [0.3, 0.4) is 0 Å². The van der Waals surface area contributed by atoms with E-state index in [9.17, 15) is 4.79 Å². The number of nitrogens with one attached hydrogen (secondary N) is 1. The van der Waals surface area contributed by atoms with Crippen LogP contribution in [0.5, 0.6) is 0 Å². The Bertz CT molecular complexity index is 224. The normalized spacial score (nSPS) is 17.8. The number of nitriles is 1. The van der Waals surface area contributed by atoms with Gasteiger partial charge < -0.3 is 5.32 Å². The third kappa shape index (κ3) is 5.41. The summed E-state index contributed by atoms with van der Waals surface area (Å²) in [5.74, 6) is 0.701. The van der Waals surface area contributed by atoms with Crippen molar-refractivity contribution in [2.45, 2.75) is 51.4 Å². The van der Waals surface area contributed by atoms with E-state index in [1.807, 2.05) is 6.07 Å². The van der Waals surface area contributed by atoms with Gasteiger partial charge in [-0.15, -0.1) is 0 Å². The van der Waals surface area contributed by atoms with E-state index in [0.29, 0.717) is 25.3 Å². The van der Waals surface area contributed by atoms with Crippen LogP contribution in [0.1, 0.15) is 51.4 Å². The molecule has 3 nitrogen and oxygen atoms in total. The zero-order valence-electron chi connectivity index (χ0n) is 9.30. The van der Waals surface area contributed by atoms with Crippen molar-refractivity contribution in [2.24, 2.45) is 5.92 Å². The van der Waals surface area contributed by atoms with Crippen LogP contribution in [-0.2, 0) is 4.79 Å². The van der Waals surface area contributed by atoms with Gasteiger partial charge >= 0.3 is 0 Å². The van der Waals surface area contributed by atoms with Gasteiger partial charge in [0, 0.05) is 13.0 Å². The SMILES string of the molecule is N#CCCNC(=O)CC1CCCCCC1. The smallest absolute Gasteiger partial charge is 0.220 e. The Morgan fingerprint density at radius 2 is 1.93 bits per heavy atom. The highest BCUT2D eigenvalue weighted by molar-refractivity contribution is 5.76. The van der Waals surface area contributed by atoms with E-state index in [1.54, 1.807) is 0 Å². The van der Waals surface area contributed by atoms with Crippen LogP contribution in [0, 0.1) is 17.2 Å². The monoisotopic (exact) mass is 208 g/mol. The Morgan fingerprint density at radius 3 is 2.53 bits per heavy atom. The van der Waals surface area contributed by atoms with Crippen molar-refractivity contribution in [3.63, 3.8) is 0 Å². The van der Waals surface area contributed by atoms with Crippen molar-refractivity contribution in [1.29, 1.82) is 5.26 Å². The number of carbonyl (C=O) groups excluding carboxylic acids is 1. The lowest BCUT2D eigenvalue weighted by Gasteiger charge is -2.12. The molecule has 0 aromatic carbocycles. The van der Waals surface area contributed by atoms with Gasteiger partial charge in [0.05, 0.1) is 12.5 Å². The molecule has 15 heavy (non-hydrogen) atoms. The summed E-state index contributed by atoms with van der Waals surface area (Å²) >= 11 is 0. The molecule has 1 fully saturated rings. The van der Waals surface area contributed by atoms with Crippen molar-refractivity contribution in [3.05, 3.63) is 0 Å². The fourth-order valence-electron chi connectivity index (χ4n) is 2.16. The van der Waals surface area contributed by atoms with Crippen molar-refractivity contribution in [2.75, 3.05) is 6.54 Å². The maximum absolute atomic E-state index is 11.5. The second kappa shape index (κ2) is 7.28. The summed E-state index contributed by atoms with van der Waals surface area (Å²) in [7, 11) is 0. The maximum Gasteiger partial charge on any atom is 0.220 e. The molecule has 1 saturated carbocycles. The molecule has 0 unspecified atom stereocenters. The first kappa shape index (κ1) is 12.0. The number of rotatable bonds is 4. The molecule has 0 aromatic heterocycles. The minimum Gasteiger partial charge on any atom is -0.355 e. The van der Waals surface area contributed by atoms with Gasteiger partial charge in [-0.05, 0) is 18.8 Å². The maximum atomic E-state index is 11.5. The fraction of sp³-hybridized carbons (Fsp3) is 0.833. The van der Waals surface area contributed by atoms with Gasteiger partial charge in [-0.1, -0.05) is 25.7 Å². The van der Waals surface area contributed by atoms with Gasteiger partial charge in [-0.3, -0.25) is 4.79 Å². The Hall–Kier alpha value is -1.04. The van der Waals surface area contributed by atoms with E-state index in [1.165, 1.54) is 38.5 Å². The molecule has 0 radical (unpaired) electrons. The summed E-state index contributed by atoms with van der Waals surface area (Å²) in [6, 6.07) is 2.02. The van der Waals surface area contributed by atoms with Gasteiger partial charge in [0.1, 0.15) is 0 Å². The van der Waals surface area contributed by atoms with E-state index in [-0.39, 0.29) is 5.91 Å². The number of amides is 1. The van der Waals surface area contributed by atoms with Crippen molar-refractivity contribution >= 4 is 5.91 Å². The molecule has 84 valence electrons. The molecule has 1 aliphatic carbocycles. The number of carbonyl (C=O) groups is 1. The van der Waals surface area contributed by atoms with E-state index in [4.69, 9.17) is 5.26 Å². The molecule has 1 amide bonds. The van der Waals surface area contributed by atoms with E-state index in [2.05, 4.69) is 5.32 Å². The lowest BCUT2D eigenvalue weighted by Crippen LogP contribution is -2.26. The summed E-state index contributed by atoms with van der Waals surface area (Å²) in [6.07, 6.45) is 8.67. The molecule has 1 N–H and O–H groups in total. The average Bonchev–Trinajstić information content (AvgIpc) is 2.47.